The van der Waals surface area contributed by atoms with Gasteiger partial charge in [0.05, 0.1) is 34.5 Å². The monoisotopic (exact) mass is 297 g/mol. The summed E-state index contributed by atoms with van der Waals surface area (Å²) in [7, 11) is 0. The van der Waals surface area contributed by atoms with Gasteiger partial charge in [-0.3, -0.25) is 0 Å². The van der Waals surface area contributed by atoms with Crippen LogP contribution in [-0.2, 0) is 6.42 Å². The molecule has 0 saturated heterocycles. The Hall–Kier alpha value is -2.54. The molecule has 4 aromatic rings. The minimum absolute atomic E-state index is 0.559. The van der Waals surface area contributed by atoms with E-state index in [1.807, 2.05) is 30.5 Å². The number of aryl methyl sites for hydroxylation is 1. The van der Waals surface area contributed by atoms with E-state index in [1.54, 1.807) is 17.7 Å². The fraction of sp³-hybridized carbons (Fsp3) is 0.143. The number of hydrogen-bond donors (Lipinski definition) is 1. The topological polar surface area (TPSA) is 80.5 Å². The quantitative estimate of drug-likeness (QED) is 0.628. The van der Waals surface area contributed by atoms with Crippen LogP contribution in [0.1, 0.15) is 16.6 Å². The van der Waals surface area contributed by atoms with E-state index in [4.69, 9.17) is 4.52 Å². The molecule has 1 N–H and O–H groups in total. The Bertz CT molecular complexity index is 907. The zero-order chi connectivity index (χ0) is 14.2. The fourth-order valence-corrected chi connectivity index (χ4v) is 2.78. The molecule has 0 saturated carbocycles. The van der Waals surface area contributed by atoms with Gasteiger partial charge in [0.2, 0.25) is 11.7 Å². The zero-order valence-corrected chi connectivity index (χ0v) is 12.0. The number of benzene rings is 1. The number of rotatable bonds is 3. The Morgan fingerprint density at radius 3 is 3.10 bits per heavy atom. The SMILES string of the molecule is Cc1nc(Cc2nc(-c3ccc4nc[nH]c4c3)no2)cs1. The normalized spacial score (nSPS) is 11.3. The van der Waals surface area contributed by atoms with Crippen LogP contribution in [-0.4, -0.2) is 25.1 Å². The molecule has 7 heteroatoms. The molecule has 0 radical (unpaired) electrons. The van der Waals surface area contributed by atoms with E-state index in [0.717, 1.165) is 27.3 Å². The molecule has 0 aliphatic rings. The second kappa shape index (κ2) is 4.78. The molecular weight excluding hydrogens is 286 g/mol. The maximum Gasteiger partial charge on any atom is 0.233 e. The van der Waals surface area contributed by atoms with Crippen molar-refractivity contribution in [1.82, 2.24) is 25.1 Å². The van der Waals surface area contributed by atoms with E-state index in [2.05, 4.69) is 25.1 Å². The van der Waals surface area contributed by atoms with Crippen LogP contribution in [0, 0.1) is 6.92 Å². The van der Waals surface area contributed by atoms with Gasteiger partial charge in [0, 0.05) is 10.9 Å². The summed E-state index contributed by atoms with van der Waals surface area (Å²) in [4.78, 5) is 16.1. The second-order valence-electron chi connectivity index (χ2n) is 4.68. The van der Waals surface area contributed by atoms with Gasteiger partial charge in [-0.15, -0.1) is 11.3 Å². The molecule has 3 heterocycles. The Balaban J connectivity index is 1.63. The maximum absolute atomic E-state index is 5.30. The first-order valence-corrected chi connectivity index (χ1v) is 7.33. The van der Waals surface area contributed by atoms with Crippen molar-refractivity contribution in [3.63, 3.8) is 0 Å². The fourth-order valence-electron chi connectivity index (χ4n) is 2.16. The smallest absolute Gasteiger partial charge is 0.233 e. The van der Waals surface area contributed by atoms with Crippen molar-refractivity contribution >= 4 is 22.4 Å². The number of nitrogens with one attached hydrogen (secondary N) is 1. The number of nitrogens with zero attached hydrogens (tertiary/aromatic N) is 4. The molecule has 104 valence electrons. The molecular formula is C14H11N5OS. The number of fused-ring (bicyclic) bond motifs is 1. The second-order valence-corrected chi connectivity index (χ2v) is 5.74. The summed E-state index contributed by atoms with van der Waals surface area (Å²) in [5.74, 6) is 1.15. The first-order valence-electron chi connectivity index (χ1n) is 6.45. The highest BCUT2D eigenvalue weighted by molar-refractivity contribution is 7.09. The predicted octanol–water partition coefficient (Wildman–Crippen LogP) is 2.97. The summed E-state index contributed by atoms with van der Waals surface area (Å²) in [5, 5.41) is 7.08. The Morgan fingerprint density at radius 2 is 2.24 bits per heavy atom. The van der Waals surface area contributed by atoms with E-state index < -0.39 is 0 Å². The van der Waals surface area contributed by atoms with Crippen molar-refractivity contribution in [3.05, 3.63) is 46.5 Å². The van der Waals surface area contributed by atoms with Gasteiger partial charge >= 0.3 is 0 Å². The molecule has 0 fully saturated rings. The lowest BCUT2D eigenvalue weighted by Gasteiger charge is -1.93. The zero-order valence-electron chi connectivity index (χ0n) is 11.2. The van der Waals surface area contributed by atoms with Crippen molar-refractivity contribution in [2.75, 3.05) is 0 Å². The standard InChI is InChI=1S/C14H11N5OS/c1-8-17-10(6-21-8)5-13-18-14(19-20-13)9-2-3-11-12(4-9)16-7-15-11/h2-4,6-7H,5H2,1H3,(H,15,16). The van der Waals surface area contributed by atoms with Crippen molar-refractivity contribution < 1.29 is 4.52 Å². The summed E-state index contributed by atoms with van der Waals surface area (Å²) in [6.07, 6.45) is 2.23. The van der Waals surface area contributed by atoms with Crippen molar-refractivity contribution in [3.8, 4) is 11.4 Å². The summed E-state index contributed by atoms with van der Waals surface area (Å²) in [6, 6.07) is 5.83. The van der Waals surface area contributed by atoms with E-state index in [-0.39, 0.29) is 0 Å². The van der Waals surface area contributed by atoms with Crippen LogP contribution in [0.15, 0.2) is 34.4 Å². The van der Waals surface area contributed by atoms with Crippen LogP contribution in [0.25, 0.3) is 22.4 Å². The van der Waals surface area contributed by atoms with Gasteiger partial charge in [0.25, 0.3) is 0 Å². The third-order valence-corrected chi connectivity index (χ3v) is 3.97. The van der Waals surface area contributed by atoms with Crippen LogP contribution in [0.5, 0.6) is 0 Å². The number of imidazole rings is 1. The third-order valence-electron chi connectivity index (χ3n) is 3.15. The number of aromatic amines is 1. The molecule has 0 atom stereocenters. The molecule has 3 aromatic heterocycles. The lowest BCUT2D eigenvalue weighted by molar-refractivity contribution is 0.385. The molecule has 1 aromatic carbocycles. The molecule has 21 heavy (non-hydrogen) atoms. The third kappa shape index (κ3) is 2.31. The molecule has 0 spiro atoms. The summed E-state index contributed by atoms with van der Waals surface area (Å²) in [5.41, 5.74) is 3.72. The molecule has 0 unspecified atom stereocenters. The van der Waals surface area contributed by atoms with E-state index in [9.17, 15) is 0 Å². The summed E-state index contributed by atoms with van der Waals surface area (Å²) in [6.45, 7) is 1.98. The maximum atomic E-state index is 5.30. The molecule has 6 nitrogen and oxygen atoms in total. The van der Waals surface area contributed by atoms with E-state index >= 15 is 0 Å². The van der Waals surface area contributed by atoms with Crippen LogP contribution in [0.4, 0.5) is 0 Å². The highest BCUT2D eigenvalue weighted by Gasteiger charge is 2.11. The Kier molecular flexibility index (Phi) is 2.78. The first kappa shape index (κ1) is 12.2. The highest BCUT2D eigenvalue weighted by atomic mass is 32.1. The minimum Gasteiger partial charge on any atom is -0.345 e. The largest absolute Gasteiger partial charge is 0.345 e. The number of aromatic nitrogens is 5. The van der Waals surface area contributed by atoms with E-state index in [1.165, 1.54) is 0 Å². The van der Waals surface area contributed by atoms with Crippen LogP contribution >= 0.6 is 11.3 Å². The lowest BCUT2D eigenvalue weighted by atomic mass is 10.2. The number of hydrogen-bond acceptors (Lipinski definition) is 6. The van der Waals surface area contributed by atoms with Gasteiger partial charge in [-0.05, 0) is 25.1 Å². The van der Waals surface area contributed by atoms with Crippen molar-refractivity contribution in [2.45, 2.75) is 13.3 Å². The Morgan fingerprint density at radius 1 is 1.29 bits per heavy atom. The Labute approximate surface area is 123 Å². The number of thiazole rings is 1. The predicted molar refractivity (Wildman–Crippen MR) is 79.0 cm³/mol. The van der Waals surface area contributed by atoms with Gasteiger partial charge in [-0.1, -0.05) is 5.16 Å². The minimum atomic E-state index is 0.559. The van der Waals surface area contributed by atoms with Gasteiger partial charge in [-0.2, -0.15) is 4.98 Å². The van der Waals surface area contributed by atoms with E-state index in [0.29, 0.717) is 18.1 Å². The van der Waals surface area contributed by atoms with Crippen molar-refractivity contribution in [1.29, 1.82) is 0 Å². The number of H-pyrrole nitrogens is 1. The molecule has 0 aliphatic carbocycles. The van der Waals surface area contributed by atoms with Gasteiger partial charge in [0.15, 0.2) is 0 Å². The highest BCUT2D eigenvalue weighted by Crippen LogP contribution is 2.21. The first-order chi connectivity index (χ1) is 10.3. The average Bonchev–Trinajstić information content (AvgIpc) is 3.19. The summed E-state index contributed by atoms with van der Waals surface area (Å²) >= 11 is 1.62. The van der Waals surface area contributed by atoms with Crippen LogP contribution in [0.3, 0.4) is 0 Å². The summed E-state index contributed by atoms with van der Waals surface area (Å²) < 4.78 is 5.30. The molecule has 0 bridgehead atoms. The van der Waals surface area contributed by atoms with Gasteiger partial charge in [-0.25, -0.2) is 9.97 Å². The van der Waals surface area contributed by atoms with Crippen LogP contribution in [0.2, 0.25) is 0 Å². The van der Waals surface area contributed by atoms with Gasteiger partial charge in [0.1, 0.15) is 0 Å². The molecule has 0 amide bonds. The van der Waals surface area contributed by atoms with Gasteiger partial charge < -0.3 is 9.51 Å². The molecule has 4 rings (SSSR count). The van der Waals surface area contributed by atoms with Crippen molar-refractivity contribution in [2.24, 2.45) is 0 Å². The van der Waals surface area contributed by atoms with Crippen LogP contribution < -0.4 is 0 Å². The average molecular weight is 297 g/mol. The lowest BCUT2D eigenvalue weighted by Crippen LogP contribution is -1.89. The molecule has 0 aliphatic heterocycles.